The average Bonchev–Trinajstić information content (AvgIpc) is 2.38. The number of nitrogens with zero attached hydrogens (tertiary/aromatic N) is 1. The van der Waals surface area contributed by atoms with Crippen LogP contribution in [0.4, 0.5) is 4.39 Å². The molecule has 0 saturated heterocycles. The lowest BCUT2D eigenvalue weighted by Crippen LogP contribution is -2.01. The molecule has 0 radical (unpaired) electrons. The monoisotopic (exact) mass is 295 g/mol. The molecule has 2 rings (SSSR count). The smallest absolute Gasteiger partial charge is 0.335 e. The first-order valence-corrected chi connectivity index (χ1v) is 6.14. The van der Waals surface area contributed by atoms with Crippen molar-refractivity contribution in [1.82, 2.24) is 4.98 Å². The number of pyridine rings is 1. The Bertz CT molecular complexity index is 673. The highest BCUT2D eigenvalue weighted by atomic mass is 35.5. The van der Waals surface area contributed by atoms with E-state index in [-0.39, 0.29) is 16.3 Å². The summed E-state index contributed by atoms with van der Waals surface area (Å²) in [5, 5.41) is 18.7. The molecule has 104 valence electrons. The van der Waals surface area contributed by atoms with Gasteiger partial charge in [-0.1, -0.05) is 17.7 Å². The average molecular weight is 296 g/mol. The number of aliphatic hydroxyl groups is 1. The van der Waals surface area contributed by atoms with Crippen LogP contribution in [0.1, 0.15) is 28.9 Å². The summed E-state index contributed by atoms with van der Waals surface area (Å²) in [4.78, 5) is 14.7. The Labute approximate surface area is 119 Å². The van der Waals surface area contributed by atoms with Crippen LogP contribution >= 0.6 is 11.6 Å². The minimum Gasteiger partial charge on any atom is -0.478 e. The lowest BCUT2D eigenvalue weighted by atomic mass is 9.97. The fourth-order valence-corrected chi connectivity index (χ4v) is 2.05. The summed E-state index contributed by atoms with van der Waals surface area (Å²) >= 11 is 5.76. The molecule has 2 N–H and O–H groups in total. The van der Waals surface area contributed by atoms with Gasteiger partial charge < -0.3 is 10.2 Å². The molecule has 0 aliphatic heterocycles. The minimum atomic E-state index is -1.21. The van der Waals surface area contributed by atoms with Gasteiger partial charge in [-0.2, -0.15) is 0 Å². The van der Waals surface area contributed by atoms with Crippen LogP contribution in [0.25, 0.3) is 11.1 Å². The Morgan fingerprint density at radius 1 is 1.35 bits per heavy atom. The second-order valence-electron chi connectivity index (χ2n) is 4.27. The molecule has 2 aromatic rings. The number of halogens is 2. The summed E-state index contributed by atoms with van der Waals surface area (Å²) in [6, 6.07) is 5.01. The molecule has 6 heteroatoms. The first kappa shape index (κ1) is 14.4. The van der Waals surface area contributed by atoms with Crippen molar-refractivity contribution in [3.05, 3.63) is 52.6 Å². The molecule has 0 amide bonds. The fourth-order valence-electron chi connectivity index (χ4n) is 1.88. The van der Waals surface area contributed by atoms with Crippen LogP contribution in [-0.2, 0) is 0 Å². The van der Waals surface area contributed by atoms with Crippen LogP contribution in [0.3, 0.4) is 0 Å². The quantitative estimate of drug-likeness (QED) is 0.852. The first-order valence-electron chi connectivity index (χ1n) is 5.77. The lowest BCUT2D eigenvalue weighted by Gasteiger charge is -2.13. The van der Waals surface area contributed by atoms with Gasteiger partial charge >= 0.3 is 5.97 Å². The van der Waals surface area contributed by atoms with Crippen LogP contribution in [-0.4, -0.2) is 21.2 Å². The molecule has 1 unspecified atom stereocenters. The van der Waals surface area contributed by atoms with Crippen molar-refractivity contribution in [3.63, 3.8) is 0 Å². The summed E-state index contributed by atoms with van der Waals surface area (Å²) in [6.45, 7) is 1.53. The van der Waals surface area contributed by atoms with E-state index in [2.05, 4.69) is 4.98 Å². The van der Waals surface area contributed by atoms with Gasteiger partial charge in [0.1, 0.15) is 11.0 Å². The standard InChI is InChI=1S/C14H11ClFNO3/c1-7(18)10-5-13(15)17-6-11(10)9-3-2-8(14(19)20)4-12(9)16/h2-7,18H,1H3,(H,19,20). The largest absolute Gasteiger partial charge is 0.478 e. The van der Waals surface area contributed by atoms with Crippen LogP contribution in [0.2, 0.25) is 5.15 Å². The summed E-state index contributed by atoms with van der Waals surface area (Å²) in [6.07, 6.45) is 0.493. The maximum Gasteiger partial charge on any atom is 0.335 e. The fraction of sp³-hybridized carbons (Fsp3) is 0.143. The summed E-state index contributed by atoms with van der Waals surface area (Å²) < 4.78 is 14.0. The van der Waals surface area contributed by atoms with Crippen molar-refractivity contribution >= 4 is 17.6 Å². The van der Waals surface area contributed by atoms with Gasteiger partial charge in [-0.05, 0) is 30.7 Å². The van der Waals surface area contributed by atoms with Crippen molar-refractivity contribution in [2.24, 2.45) is 0 Å². The second kappa shape index (κ2) is 5.56. The summed E-state index contributed by atoms with van der Waals surface area (Å²) in [5.74, 6) is -1.91. The number of rotatable bonds is 3. The third-order valence-electron chi connectivity index (χ3n) is 2.86. The van der Waals surface area contributed by atoms with Crippen molar-refractivity contribution in [3.8, 4) is 11.1 Å². The molecule has 4 nitrogen and oxygen atoms in total. The third kappa shape index (κ3) is 2.79. The molecule has 1 atom stereocenters. The zero-order valence-corrected chi connectivity index (χ0v) is 11.2. The Morgan fingerprint density at radius 3 is 2.60 bits per heavy atom. The normalized spacial score (nSPS) is 12.2. The van der Waals surface area contributed by atoms with Gasteiger partial charge in [0.15, 0.2) is 0 Å². The Kier molecular flexibility index (Phi) is 4.01. The number of hydrogen-bond donors (Lipinski definition) is 2. The van der Waals surface area contributed by atoms with Crippen molar-refractivity contribution in [2.45, 2.75) is 13.0 Å². The summed E-state index contributed by atoms with van der Waals surface area (Å²) in [5.41, 5.74) is 0.813. The minimum absolute atomic E-state index is 0.147. The van der Waals surface area contributed by atoms with Gasteiger partial charge in [-0.3, -0.25) is 0 Å². The zero-order chi connectivity index (χ0) is 14.9. The molecule has 0 spiro atoms. The number of aromatic nitrogens is 1. The first-order chi connectivity index (χ1) is 9.40. The molecule has 0 aliphatic carbocycles. The molecule has 1 aromatic carbocycles. The molecular formula is C14H11ClFNO3. The molecule has 1 heterocycles. The van der Waals surface area contributed by atoms with E-state index < -0.39 is 17.9 Å². The predicted octanol–water partition coefficient (Wildman–Crippen LogP) is 3.29. The number of hydrogen-bond acceptors (Lipinski definition) is 3. The van der Waals surface area contributed by atoms with E-state index in [9.17, 15) is 14.3 Å². The van der Waals surface area contributed by atoms with Crippen LogP contribution in [0.15, 0.2) is 30.5 Å². The highest BCUT2D eigenvalue weighted by Gasteiger charge is 2.16. The number of carboxylic acids is 1. The van der Waals surface area contributed by atoms with Crippen molar-refractivity contribution in [2.75, 3.05) is 0 Å². The maximum absolute atomic E-state index is 14.0. The molecule has 0 fully saturated rings. The third-order valence-corrected chi connectivity index (χ3v) is 3.07. The predicted molar refractivity (Wildman–Crippen MR) is 72.2 cm³/mol. The van der Waals surface area contributed by atoms with Gasteiger partial charge in [0.2, 0.25) is 0 Å². The van der Waals surface area contributed by atoms with Gasteiger partial charge in [-0.25, -0.2) is 14.2 Å². The van der Waals surface area contributed by atoms with Gasteiger partial charge in [-0.15, -0.1) is 0 Å². The molecule has 20 heavy (non-hydrogen) atoms. The maximum atomic E-state index is 14.0. The van der Waals surface area contributed by atoms with Crippen LogP contribution in [0.5, 0.6) is 0 Å². The van der Waals surface area contributed by atoms with Gasteiger partial charge in [0.05, 0.1) is 11.7 Å². The van der Waals surface area contributed by atoms with E-state index in [0.717, 1.165) is 6.07 Å². The van der Waals surface area contributed by atoms with Crippen LogP contribution < -0.4 is 0 Å². The van der Waals surface area contributed by atoms with Crippen molar-refractivity contribution < 1.29 is 19.4 Å². The number of carboxylic acid groups (broad SMARTS) is 1. The van der Waals surface area contributed by atoms with Gasteiger partial charge in [0.25, 0.3) is 0 Å². The molecule has 0 aliphatic rings. The topological polar surface area (TPSA) is 70.4 Å². The Hall–Kier alpha value is -1.98. The molecular weight excluding hydrogens is 285 g/mol. The second-order valence-corrected chi connectivity index (χ2v) is 4.66. The molecule has 1 aromatic heterocycles. The number of benzene rings is 1. The molecule has 0 bridgehead atoms. The highest BCUT2D eigenvalue weighted by Crippen LogP contribution is 2.31. The van der Waals surface area contributed by atoms with Gasteiger partial charge in [0, 0.05) is 17.3 Å². The highest BCUT2D eigenvalue weighted by molar-refractivity contribution is 6.29. The van der Waals surface area contributed by atoms with E-state index in [0.29, 0.717) is 11.1 Å². The van der Waals surface area contributed by atoms with Crippen molar-refractivity contribution in [1.29, 1.82) is 0 Å². The van der Waals surface area contributed by atoms with E-state index in [1.54, 1.807) is 0 Å². The Morgan fingerprint density at radius 2 is 2.05 bits per heavy atom. The lowest BCUT2D eigenvalue weighted by molar-refractivity contribution is 0.0696. The zero-order valence-electron chi connectivity index (χ0n) is 10.5. The van der Waals surface area contributed by atoms with E-state index in [4.69, 9.17) is 16.7 Å². The van der Waals surface area contributed by atoms with E-state index in [1.807, 2.05) is 0 Å². The molecule has 0 saturated carbocycles. The van der Waals surface area contributed by atoms with E-state index >= 15 is 0 Å². The number of aliphatic hydroxyl groups excluding tert-OH is 1. The number of aromatic carboxylic acids is 1. The number of carbonyl (C=O) groups is 1. The van der Waals surface area contributed by atoms with E-state index in [1.165, 1.54) is 31.3 Å². The van der Waals surface area contributed by atoms with Crippen LogP contribution in [0, 0.1) is 5.82 Å². The SMILES string of the molecule is CC(O)c1cc(Cl)ncc1-c1ccc(C(=O)O)cc1F. The Balaban J connectivity index is 2.60. The summed E-state index contributed by atoms with van der Waals surface area (Å²) in [7, 11) is 0.